The summed E-state index contributed by atoms with van der Waals surface area (Å²) < 4.78 is 0. The highest BCUT2D eigenvalue weighted by Crippen LogP contribution is 2.20. The van der Waals surface area contributed by atoms with E-state index in [1.54, 1.807) is 0 Å². The van der Waals surface area contributed by atoms with E-state index in [0.717, 1.165) is 43.4 Å². The average Bonchev–Trinajstić information content (AvgIpc) is 2.58. The maximum atomic E-state index is 9.37. The van der Waals surface area contributed by atoms with E-state index in [0.29, 0.717) is 6.61 Å². The molecule has 23 heavy (non-hydrogen) atoms. The summed E-state index contributed by atoms with van der Waals surface area (Å²) in [7, 11) is 0. The van der Waals surface area contributed by atoms with Gasteiger partial charge in [0.2, 0.25) is 0 Å². The van der Waals surface area contributed by atoms with Crippen molar-refractivity contribution in [1.29, 1.82) is 5.26 Å². The van der Waals surface area contributed by atoms with Crippen LogP contribution < -0.4 is 0 Å². The number of nitrogens with zero attached hydrogens (tertiary/aromatic N) is 2. The van der Waals surface area contributed by atoms with Crippen molar-refractivity contribution < 1.29 is 4.84 Å². The molecule has 1 saturated carbocycles. The van der Waals surface area contributed by atoms with Gasteiger partial charge in [0.1, 0.15) is 6.61 Å². The highest BCUT2D eigenvalue weighted by molar-refractivity contribution is 5.84. The molecule has 1 aromatic carbocycles. The summed E-state index contributed by atoms with van der Waals surface area (Å²) in [4.78, 5) is 5.55. The van der Waals surface area contributed by atoms with E-state index >= 15 is 0 Å². The van der Waals surface area contributed by atoms with Gasteiger partial charge in [0, 0.05) is 6.42 Å². The lowest BCUT2D eigenvalue weighted by Crippen LogP contribution is -2.09. The fraction of sp³-hybridized carbons (Fsp3) is 0.600. The number of benzene rings is 1. The first-order chi connectivity index (χ1) is 11.4. The summed E-state index contributed by atoms with van der Waals surface area (Å²) in [5.41, 5.74) is 2.19. The van der Waals surface area contributed by atoms with E-state index in [9.17, 15) is 5.26 Å². The molecule has 3 heteroatoms. The minimum atomic E-state index is 0.0912. The lowest BCUT2D eigenvalue weighted by molar-refractivity contribution is 0.129. The molecule has 0 amide bonds. The third-order valence-corrected chi connectivity index (χ3v) is 4.45. The predicted molar refractivity (Wildman–Crippen MR) is 93.9 cm³/mol. The Kier molecular flexibility index (Phi) is 8.26. The van der Waals surface area contributed by atoms with E-state index in [1.807, 2.05) is 30.3 Å². The zero-order chi connectivity index (χ0) is 16.2. The Morgan fingerprint density at radius 1 is 1.00 bits per heavy atom. The molecule has 0 heterocycles. The maximum absolute atomic E-state index is 9.37. The van der Waals surface area contributed by atoms with E-state index in [1.165, 1.54) is 32.1 Å². The molecule has 0 aliphatic heterocycles. The Hall–Kier alpha value is -1.82. The summed E-state index contributed by atoms with van der Waals surface area (Å²) in [6, 6.07) is 12.6. The van der Waals surface area contributed by atoms with Crippen LogP contribution in [0.4, 0.5) is 0 Å². The average molecular weight is 312 g/mol. The monoisotopic (exact) mass is 312 g/mol. The predicted octanol–water partition coefficient (Wildman–Crippen LogP) is 5.61. The van der Waals surface area contributed by atoms with Gasteiger partial charge < -0.3 is 4.84 Å². The molecule has 124 valence electrons. The second-order valence-corrected chi connectivity index (χ2v) is 6.46. The zero-order valence-corrected chi connectivity index (χ0v) is 14.0. The van der Waals surface area contributed by atoms with Crippen LogP contribution in [-0.4, -0.2) is 5.71 Å². The lowest BCUT2D eigenvalue weighted by atomic mass is 9.93. The van der Waals surface area contributed by atoms with Gasteiger partial charge in [-0.1, -0.05) is 74.0 Å². The van der Waals surface area contributed by atoms with Gasteiger partial charge in [-0.15, -0.1) is 0 Å². The Morgan fingerprint density at radius 3 is 2.43 bits per heavy atom. The van der Waals surface area contributed by atoms with Crippen molar-refractivity contribution in [3.05, 3.63) is 35.9 Å². The van der Waals surface area contributed by atoms with Gasteiger partial charge in [-0.3, -0.25) is 0 Å². The zero-order valence-electron chi connectivity index (χ0n) is 14.0. The summed E-state index contributed by atoms with van der Waals surface area (Å²) in [6.45, 7) is 0.502. The molecule has 0 spiro atoms. The fourth-order valence-electron chi connectivity index (χ4n) is 3.06. The largest absolute Gasteiger partial charge is 0.391 e. The molecule has 0 aromatic heterocycles. The van der Waals surface area contributed by atoms with Gasteiger partial charge in [0.15, 0.2) is 0 Å². The van der Waals surface area contributed by atoms with E-state index < -0.39 is 0 Å². The summed E-state index contributed by atoms with van der Waals surface area (Å²) >= 11 is 0. The molecule has 1 unspecified atom stereocenters. The lowest BCUT2D eigenvalue weighted by Gasteiger charge is -2.13. The van der Waals surface area contributed by atoms with Crippen LogP contribution in [0.5, 0.6) is 0 Å². The van der Waals surface area contributed by atoms with Crippen molar-refractivity contribution in [2.45, 2.75) is 70.8 Å². The Morgan fingerprint density at radius 2 is 1.70 bits per heavy atom. The van der Waals surface area contributed by atoms with Crippen molar-refractivity contribution in [1.82, 2.24) is 0 Å². The first-order valence-electron chi connectivity index (χ1n) is 8.99. The molecule has 3 nitrogen and oxygen atoms in total. The van der Waals surface area contributed by atoms with E-state index in [-0.39, 0.29) is 5.92 Å². The van der Waals surface area contributed by atoms with Crippen LogP contribution in [0.3, 0.4) is 0 Å². The molecule has 1 aliphatic rings. The van der Waals surface area contributed by atoms with Gasteiger partial charge >= 0.3 is 0 Å². The van der Waals surface area contributed by atoms with Crippen molar-refractivity contribution in [2.24, 2.45) is 11.1 Å². The molecular weight excluding hydrogens is 284 g/mol. The summed E-state index contributed by atoms with van der Waals surface area (Å²) in [5, 5.41) is 13.7. The molecule has 0 saturated heterocycles. The Bertz CT molecular complexity index is 504. The van der Waals surface area contributed by atoms with Crippen molar-refractivity contribution in [3.8, 4) is 6.07 Å². The summed E-state index contributed by atoms with van der Waals surface area (Å²) in [6.07, 6.45) is 11.5. The molecule has 0 bridgehead atoms. The third kappa shape index (κ3) is 7.32. The van der Waals surface area contributed by atoms with Crippen LogP contribution in [0.1, 0.15) is 69.8 Å². The number of nitriles is 1. The number of oxime groups is 1. The molecule has 0 N–H and O–H groups in total. The topological polar surface area (TPSA) is 45.4 Å². The SMILES string of the molecule is N#CC1CCCCCCCCC/C(=N\OCc2ccccc2)C1. The second-order valence-electron chi connectivity index (χ2n) is 6.46. The van der Waals surface area contributed by atoms with Gasteiger partial charge in [-0.05, 0) is 24.8 Å². The van der Waals surface area contributed by atoms with E-state index in [4.69, 9.17) is 4.84 Å². The van der Waals surface area contributed by atoms with Crippen molar-refractivity contribution >= 4 is 5.71 Å². The van der Waals surface area contributed by atoms with Crippen LogP contribution in [0, 0.1) is 17.2 Å². The Labute approximate surface area is 140 Å². The number of hydrogen-bond acceptors (Lipinski definition) is 3. The number of hydrogen-bond donors (Lipinski definition) is 0. The van der Waals surface area contributed by atoms with Gasteiger partial charge in [0.05, 0.1) is 17.7 Å². The van der Waals surface area contributed by atoms with Crippen molar-refractivity contribution in [3.63, 3.8) is 0 Å². The maximum Gasteiger partial charge on any atom is 0.142 e. The fourth-order valence-corrected chi connectivity index (χ4v) is 3.06. The smallest absolute Gasteiger partial charge is 0.142 e. The van der Waals surface area contributed by atoms with Crippen LogP contribution in [0.25, 0.3) is 0 Å². The highest BCUT2D eigenvalue weighted by atomic mass is 16.6. The first-order valence-corrected chi connectivity index (χ1v) is 8.99. The second kappa shape index (κ2) is 10.8. The number of rotatable bonds is 3. The standard InChI is InChI=1S/C20H28N2O/c21-16-19-13-7-4-2-1-3-5-10-14-20(15-19)22-23-17-18-11-8-6-9-12-18/h6,8-9,11-12,19H,1-5,7,10,13-15,17H2/b22-20+. The molecule has 1 aliphatic carbocycles. The molecule has 2 rings (SSSR count). The molecular formula is C20H28N2O. The summed E-state index contributed by atoms with van der Waals surface area (Å²) in [5.74, 6) is 0.0912. The minimum Gasteiger partial charge on any atom is -0.391 e. The van der Waals surface area contributed by atoms with Crippen molar-refractivity contribution in [2.75, 3.05) is 0 Å². The first kappa shape index (κ1) is 17.5. The molecule has 0 radical (unpaired) electrons. The Balaban J connectivity index is 1.90. The normalized spacial score (nSPS) is 22.6. The molecule has 1 atom stereocenters. The third-order valence-electron chi connectivity index (χ3n) is 4.45. The van der Waals surface area contributed by atoms with Gasteiger partial charge in [0.25, 0.3) is 0 Å². The molecule has 1 fully saturated rings. The van der Waals surface area contributed by atoms with Crippen LogP contribution >= 0.6 is 0 Å². The van der Waals surface area contributed by atoms with Gasteiger partial charge in [-0.2, -0.15) is 5.26 Å². The van der Waals surface area contributed by atoms with Gasteiger partial charge in [-0.25, -0.2) is 0 Å². The van der Waals surface area contributed by atoms with Crippen LogP contribution in [0.2, 0.25) is 0 Å². The van der Waals surface area contributed by atoms with E-state index in [2.05, 4.69) is 11.2 Å². The van der Waals surface area contributed by atoms with Crippen LogP contribution in [-0.2, 0) is 11.4 Å². The highest BCUT2D eigenvalue weighted by Gasteiger charge is 2.13. The minimum absolute atomic E-state index is 0.0912. The quantitative estimate of drug-likeness (QED) is 0.680. The molecule has 1 aromatic rings. The van der Waals surface area contributed by atoms with Crippen LogP contribution in [0.15, 0.2) is 35.5 Å².